The number of hydrogen-bond acceptors (Lipinski definition) is 6. The third kappa shape index (κ3) is 5.23. The van der Waals surface area contributed by atoms with E-state index in [9.17, 15) is 4.79 Å². The van der Waals surface area contributed by atoms with Crippen molar-refractivity contribution >= 4 is 17.1 Å². The van der Waals surface area contributed by atoms with Crippen molar-refractivity contribution in [2.24, 2.45) is 0 Å². The van der Waals surface area contributed by atoms with Crippen LogP contribution < -0.4 is 9.47 Å². The zero-order chi connectivity index (χ0) is 26.0. The molecule has 1 fully saturated rings. The van der Waals surface area contributed by atoms with Crippen LogP contribution in [0.15, 0.2) is 61.1 Å². The Bertz CT molecular complexity index is 1410. The number of nitrogens with zero attached hydrogens (tertiary/aromatic N) is 3. The van der Waals surface area contributed by atoms with Gasteiger partial charge in [-0.05, 0) is 69.5 Å². The Balaban J connectivity index is 1.48. The number of hydrogen-bond donors (Lipinski definition) is 1. The lowest BCUT2D eigenvalue weighted by atomic mass is 10.0. The van der Waals surface area contributed by atoms with Crippen LogP contribution in [0.25, 0.3) is 33.4 Å². The van der Waals surface area contributed by atoms with E-state index in [-0.39, 0.29) is 12.1 Å². The topological polar surface area (TPSA) is 89.6 Å². The number of pyridine rings is 2. The molecule has 37 heavy (non-hydrogen) atoms. The molecule has 8 heteroatoms. The number of carbonyl (C=O) groups is 1. The maximum absolute atomic E-state index is 12.7. The summed E-state index contributed by atoms with van der Waals surface area (Å²) in [5.74, 6) is 1.40. The van der Waals surface area contributed by atoms with Gasteiger partial charge in [-0.2, -0.15) is 0 Å². The van der Waals surface area contributed by atoms with E-state index in [0.29, 0.717) is 18.9 Å². The van der Waals surface area contributed by atoms with E-state index in [2.05, 4.69) is 15.0 Å². The van der Waals surface area contributed by atoms with Crippen LogP contribution in [-0.2, 0) is 4.74 Å². The highest BCUT2D eigenvalue weighted by Crippen LogP contribution is 2.41. The molecule has 5 rings (SSSR count). The second-order valence-corrected chi connectivity index (χ2v) is 10.2. The molecule has 3 aromatic heterocycles. The van der Waals surface area contributed by atoms with Crippen LogP contribution in [0.5, 0.6) is 11.5 Å². The smallest absolute Gasteiger partial charge is 0.410 e. The normalized spacial score (nSPS) is 15.7. The van der Waals surface area contributed by atoms with E-state index in [1.165, 1.54) is 0 Å². The van der Waals surface area contributed by atoms with Crippen molar-refractivity contribution in [1.29, 1.82) is 0 Å². The van der Waals surface area contributed by atoms with Gasteiger partial charge in [-0.25, -0.2) is 4.79 Å². The average Bonchev–Trinajstić information content (AvgIpc) is 3.51. The Hall–Kier alpha value is -4.07. The second kappa shape index (κ2) is 10.1. The fourth-order valence-electron chi connectivity index (χ4n) is 4.74. The molecule has 0 unspecified atom stereocenters. The third-order valence-corrected chi connectivity index (χ3v) is 6.40. The highest BCUT2D eigenvalue weighted by molar-refractivity contribution is 6.02. The van der Waals surface area contributed by atoms with E-state index in [0.717, 1.165) is 52.0 Å². The molecule has 1 aliphatic rings. The van der Waals surface area contributed by atoms with Crippen LogP contribution in [0.2, 0.25) is 0 Å². The zero-order valence-corrected chi connectivity index (χ0v) is 21.7. The Kier molecular flexibility index (Phi) is 6.74. The van der Waals surface area contributed by atoms with Crippen molar-refractivity contribution < 1.29 is 19.0 Å². The number of amides is 1. The fourth-order valence-corrected chi connectivity index (χ4v) is 4.74. The molecule has 4 aromatic rings. The molecule has 4 heterocycles. The SMILES string of the molecule is COc1cccc(-c2c(-c3ccncc3OC[C@@H]3CCCN3C(=O)OC(C)(C)C)[nH]c3cccnc23)c1. The third-order valence-electron chi connectivity index (χ3n) is 6.40. The van der Waals surface area contributed by atoms with Crippen molar-refractivity contribution in [3.05, 3.63) is 61.1 Å². The van der Waals surface area contributed by atoms with Gasteiger partial charge < -0.3 is 24.1 Å². The van der Waals surface area contributed by atoms with Gasteiger partial charge in [0.05, 0.1) is 36.1 Å². The van der Waals surface area contributed by atoms with Crippen molar-refractivity contribution in [3.63, 3.8) is 0 Å². The van der Waals surface area contributed by atoms with Crippen LogP contribution >= 0.6 is 0 Å². The van der Waals surface area contributed by atoms with E-state index in [1.54, 1.807) is 30.6 Å². The van der Waals surface area contributed by atoms with Crippen molar-refractivity contribution in [2.45, 2.75) is 45.3 Å². The van der Waals surface area contributed by atoms with E-state index in [4.69, 9.17) is 14.2 Å². The van der Waals surface area contributed by atoms with E-state index in [1.807, 2.05) is 63.2 Å². The molecule has 192 valence electrons. The quantitative estimate of drug-likeness (QED) is 0.345. The first kappa shape index (κ1) is 24.6. The van der Waals surface area contributed by atoms with Gasteiger partial charge in [0.15, 0.2) is 0 Å². The number of ether oxygens (including phenoxy) is 3. The lowest BCUT2D eigenvalue weighted by Crippen LogP contribution is -2.42. The monoisotopic (exact) mass is 500 g/mol. The predicted molar refractivity (Wildman–Crippen MR) is 143 cm³/mol. The van der Waals surface area contributed by atoms with E-state index >= 15 is 0 Å². The number of methoxy groups -OCH3 is 1. The van der Waals surface area contributed by atoms with Gasteiger partial charge in [0.25, 0.3) is 0 Å². The summed E-state index contributed by atoms with van der Waals surface area (Å²) in [6, 6.07) is 13.7. The number of likely N-dealkylation sites (tertiary alicyclic amines) is 1. The Morgan fingerprint density at radius 3 is 2.84 bits per heavy atom. The zero-order valence-electron chi connectivity index (χ0n) is 21.7. The molecule has 1 N–H and O–H groups in total. The fraction of sp³-hybridized carbons (Fsp3) is 0.345. The summed E-state index contributed by atoms with van der Waals surface area (Å²) in [7, 11) is 1.66. The van der Waals surface area contributed by atoms with Gasteiger partial charge in [0.1, 0.15) is 23.7 Å². The first-order valence-corrected chi connectivity index (χ1v) is 12.5. The van der Waals surface area contributed by atoms with Crippen molar-refractivity contribution in [3.8, 4) is 33.9 Å². The van der Waals surface area contributed by atoms with Crippen LogP contribution in [-0.4, -0.2) is 57.8 Å². The number of H-pyrrole nitrogens is 1. The minimum Gasteiger partial charge on any atom is -0.497 e. The number of fused-ring (bicyclic) bond motifs is 1. The summed E-state index contributed by atoms with van der Waals surface area (Å²) in [5.41, 5.74) is 4.94. The summed E-state index contributed by atoms with van der Waals surface area (Å²) in [4.78, 5) is 27.0. The Labute approximate surface area is 216 Å². The number of rotatable bonds is 6. The number of nitrogens with one attached hydrogen (secondary N) is 1. The molecule has 1 aromatic carbocycles. The lowest BCUT2D eigenvalue weighted by molar-refractivity contribution is 0.0187. The molecule has 0 spiro atoms. The molecule has 1 amide bonds. The maximum atomic E-state index is 12.7. The van der Waals surface area contributed by atoms with Crippen LogP contribution in [0.4, 0.5) is 4.79 Å². The van der Waals surface area contributed by atoms with Crippen molar-refractivity contribution in [1.82, 2.24) is 19.9 Å². The lowest BCUT2D eigenvalue weighted by Gasteiger charge is -2.28. The molecule has 0 aliphatic carbocycles. The molecular formula is C29H32N4O4. The van der Waals surface area contributed by atoms with Crippen LogP contribution in [0, 0.1) is 0 Å². The van der Waals surface area contributed by atoms with Crippen LogP contribution in [0.1, 0.15) is 33.6 Å². The van der Waals surface area contributed by atoms with Gasteiger partial charge in [0.2, 0.25) is 0 Å². The minimum absolute atomic E-state index is 0.0647. The molecule has 1 atom stereocenters. The standard InChI is InChI=1S/C29H32N4O4/c1-29(2,3)37-28(34)33-15-7-9-20(33)18-36-24-17-30-14-12-22(24)26-25(19-8-5-10-21(16-19)35-4)27-23(32-26)11-6-13-31-27/h5-6,8,10-14,16-17,20,32H,7,9,15,18H2,1-4H3/t20-/m0/s1. The van der Waals surface area contributed by atoms with Gasteiger partial charge in [0, 0.05) is 30.1 Å². The molecule has 8 nitrogen and oxygen atoms in total. The Morgan fingerprint density at radius 1 is 1.16 bits per heavy atom. The number of carbonyl (C=O) groups excluding carboxylic acids is 1. The predicted octanol–water partition coefficient (Wildman–Crippen LogP) is 6.08. The highest BCUT2D eigenvalue weighted by Gasteiger charge is 2.33. The summed E-state index contributed by atoms with van der Waals surface area (Å²) in [6.45, 7) is 6.65. The molecule has 1 aliphatic heterocycles. The summed E-state index contributed by atoms with van der Waals surface area (Å²) in [6.07, 6.45) is 6.74. The Morgan fingerprint density at radius 2 is 2.03 bits per heavy atom. The second-order valence-electron chi connectivity index (χ2n) is 10.2. The maximum Gasteiger partial charge on any atom is 0.410 e. The molecule has 0 radical (unpaired) electrons. The van der Waals surface area contributed by atoms with Gasteiger partial charge in [-0.15, -0.1) is 0 Å². The molecular weight excluding hydrogens is 468 g/mol. The number of aromatic amines is 1. The van der Waals surface area contributed by atoms with Gasteiger partial charge >= 0.3 is 6.09 Å². The molecule has 0 bridgehead atoms. The highest BCUT2D eigenvalue weighted by atomic mass is 16.6. The molecule has 1 saturated heterocycles. The van der Waals surface area contributed by atoms with Gasteiger partial charge in [-0.3, -0.25) is 9.97 Å². The summed E-state index contributed by atoms with van der Waals surface area (Å²) < 4.78 is 17.4. The van der Waals surface area contributed by atoms with Gasteiger partial charge in [-0.1, -0.05) is 12.1 Å². The summed E-state index contributed by atoms with van der Waals surface area (Å²) >= 11 is 0. The van der Waals surface area contributed by atoms with Crippen LogP contribution in [0.3, 0.4) is 0 Å². The number of aromatic nitrogens is 3. The average molecular weight is 501 g/mol. The van der Waals surface area contributed by atoms with Crippen molar-refractivity contribution in [2.75, 3.05) is 20.3 Å². The first-order chi connectivity index (χ1) is 17.8. The summed E-state index contributed by atoms with van der Waals surface area (Å²) in [5, 5.41) is 0. The number of benzene rings is 1. The first-order valence-electron chi connectivity index (χ1n) is 12.5. The largest absolute Gasteiger partial charge is 0.497 e. The molecule has 0 saturated carbocycles. The minimum atomic E-state index is -0.540. The van der Waals surface area contributed by atoms with E-state index < -0.39 is 5.60 Å².